The number of nitrogens with zero attached hydrogens (tertiary/aromatic N) is 5. The first kappa shape index (κ1) is 92.1. The first-order valence-electron chi connectivity index (χ1n) is 34.8. The van der Waals surface area contributed by atoms with Crippen LogP contribution in [0, 0.1) is 54.1 Å². The van der Waals surface area contributed by atoms with Crippen LogP contribution < -0.4 is 10.1 Å². The highest BCUT2D eigenvalue weighted by Gasteiger charge is 2.46. The number of likely N-dealkylation sites (tertiary alicyclic amines) is 4. The lowest BCUT2D eigenvalue weighted by Gasteiger charge is -2.39. The molecule has 0 saturated carbocycles. The van der Waals surface area contributed by atoms with Crippen molar-refractivity contribution < 1.29 is 137 Å². The van der Waals surface area contributed by atoms with Crippen LogP contribution in [0.15, 0.2) is 97.1 Å². The van der Waals surface area contributed by atoms with Gasteiger partial charge in [-0.15, -0.1) is 0 Å². The number of hydrogen-bond acceptors (Lipinski definition) is 21. The smallest absolute Gasteiger partial charge is 0.245 e. The van der Waals surface area contributed by atoms with E-state index in [0.717, 1.165) is 39.2 Å². The molecule has 1 unspecified atom stereocenters. The maximum atomic E-state index is 12.9. The minimum atomic E-state index is -3.62. The summed E-state index contributed by atoms with van der Waals surface area (Å²) in [4.78, 5) is 18.0. The van der Waals surface area contributed by atoms with Crippen LogP contribution in [0.2, 0.25) is 0 Å². The number of piperidine rings is 6. The van der Waals surface area contributed by atoms with E-state index in [1.54, 1.807) is 40.0 Å². The molecule has 6 aliphatic heterocycles. The zero-order valence-electron chi connectivity index (χ0n) is 59.4. The Labute approximate surface area is 613 Å². The number of benzene rings is 4. The van der Waals surface area contributed by atoms with Crippen LogP contribution in [-0.2, 0) is 34.5 Å². The Hall–Kier alpha value is -5.46. The number of aryl methyl sites for hydroxylation is 1. The number of sulfonamides is 1. The molecule has 0 spiro atoms. The Morgan fingerprint density at radius 2 is 0.850 bits per heavy atom. The molecule has 0 aromatic heterocycles. The highest BCUT2D eigenvalue weighted by atomic mass is 32.2. The van der Waals surface area contributed by atoms with Crippen molar-refractivity contribution in [2.24, 2.45) is 35.5 Å². The molecule has 1 amide bonds. The van der Waals surface area contributed by atoms with E-state index >= 15 is 0 Å². The van der Waals surface area contributed by atoms with E-state index in [1.165, 1.54) is 41.3 Å². The predicted octanol–water partition coefficient (Wildman–Crippen LogP) is 3.06. The monoisotopic (exact) mass is 1570 g/mol. The first-order chi connectivity index (χ1) is 50.2. The van der Waals surface area contributed by atoms with E-state index in [0.29, 0.717) is 56.9 Å². The van der Waals surface area contributed by atoms with Gasteiger partial charge in [0.05, 0.1) is 122 Å². The van der Waals surface area contributed by atoms with Gasteiger partial charge in [-0.1, -0.05) is 79.6 Å². The molecule has 4 aromatic rings. The van der Waals surface area contributed by atoms with Gasteiger partial charge in [-0.3, -0.25) is 19.5 Å². The third kappa shape index (κ3) is 28.7. The third-order valence-corrected chi connectivity index (χ3v) is 20.5. The minimum Gasteiger partial charge on any atom is -0.497 e. The quantitative estimate of drug-likeness (QED) is 0.0637. The molecule has 6 fully saturated rings. The summed E-state index contributed by atoms with van der Waals surface area (Å²) >= 11 is 0. The van der Waals surface area contributed by atoms with Gasteiger partial charge in [-0.25, -0.2) is 61.1 Å². The number of unbranched alkanes of at least 4 members (excludes halogenated alkanes) is 1. The van der Waals surface area contributed by atoms with Crippen molar-refractivity contribution in [3.63, 3.8) is 0 Å². The maximum absolute atomic E-state index is 12.9. The normalized spacial score (nSPS) is 30.0. The summed E-state index contributed by atoms with van der Waals surface area (Å²) in [7, 11) is -2.06. The molecule has 0 bridgehead atoms. The molecule has 14 N–H and O–H groups in total. The van der Waals surface area contributed by atoms with Crippen molar-refractivity contribution in [3.8, 4) is 5.75 Å². The van der Waals surface area contributed by atoms with E-state index in [1.807, 2.05) is 56.3 Å². The Morgan fingerprint density at radius 3 is 1.26 bits per heavy atom. The number of aliphatic hydroxyl groups excluding tert-OH is 13. The molecule has 10 rings (SSSR count). The van der Waals surface area contributed by atoms with Crippen LogP contribution in [0.3, 0.4) is 0 Å². The van der Waals surface area contributed by atoms with Gasteiger partial charge in [0.1, 0.15) is 17.4 Å². The number of amides is 1. The fourth-order valence-corrected chi connectivity index (χ4v) is 13.8. The topological polar surface area (TPSA) is 352 Å². The van der Waals surface area contributed by atoms with Crippen LogP contribution in [0.25, 0.3) is 0 Å². The number of nitrogens with one attached hydrogen (secondary N) is 1. The van der Waals surface area contributed by atoms with Gasteiger partial charge >= 0.3 is 0 Å². The van der Waals surface area contributed by atoms with Gasteiger partial charge in [0.25, 0.3) is 0 Å². The minimum absolute atomic E-state index is 0.00721. The van der Waals surface area contributed by atoms with Gasteiger partial charge in [0.2, 0.25) is 48.1 Å². The molecular weight excluding hydrogens is 1470 g/mol. The van der Waals surface area contributed by atoms with E-state index in [2.05, 4.69) is 5.32 Å². The number of hydrogen-bond donors (Lipinski definition) is 14. The van der Waals surface area contributed by atoms with Crippen LogP contribution in [0.4, 0.5) is 52.7 Å². The molecule has 6 aliphatic rings. The number of rotatable bonds is 18. The fourth-order valence-electron chi connectivity index (χ4n) is 12.9. The van der Waals surface area contributed by atoms with Crippen molar-refractivity contribution in [3.05, 3.63) is 137 Å². The average Bonchev–Trinajstić information content (AvgIpc) is 0.893. The molecular formula is C71H102F12N6O17S. The molecule has 608 valence electrons. The zero-order valence-corrected chi connectivity index (χ0v) is 60.3. The first-order valence-corrected chi connectivity index (χ1v) is 36.6. The zero-order chi connectivity index (χ0) is 79.9. The van der Waals surface area contributed by atoms with Crippen LogP contribution >= 0.6 is 0 Å². The standard InChI is InChI=1S/C14H19F2NO3.C14H19F2NO2.C13H16F3NO2.C12H16FNO3.C11H19F2NO3.C7H13F2NO4S/c1-20-10-4-2-3-9(5-10)6-17-7-11(14(15)16)13(19)12(18)8-17;1-9-2-4-10(5-3-9)6-17-7-11(14(15)16)13(19)12(18)8-17;14-9-3-1-8(2-4-9)5-17-6-10(13(15)16)12(19)11(18)7-17;13-8-3-1-7(2-4-8)11(16)9-5-14-6-10(15)12(9)17;1-2-3-4-9(16)14-5-7(11(12)13)10(17)8(15)6-14;1-15(13,14)10-2-4(7(8)9)6(12)5(11)3-10/h2-5,11-14,18-19H,6-8H2,1H3;2-5,11-14,18-19H,6-8H2,1H3;1-4,10-13,18-19H,5-7H2;1-4,9-12,14-17H,5-6H2;7-8,10-11,15,17H,2-6H2,1H3;4-7,11-12H,2-3H2,1H3/t2*11-,12+,13+;10-,11+,12+;9-,10-,11?,12-;7-,8+,10+;4-,5+,6+/m000100/s1. The van der Waals surface area contributed by atoms with E-state index in [9.17, 15) is 132 Å². The number of β-amino-alcohol motifs (C(OH)–C–C–N with tert-alkyl or cyclic N) is 6. The second-order valence-electron chi connectivity index (χ2n) is 27.7. The number of carbonyl (C=O) groups is 1. The van der Waals surface area contributed by atoms with Crippen molar-refractivity contribution >= 4 is 15.9 Å². The van der Waals surface area contributed by atoms with Crippen molar-refractivity contribution in [2.45, 2.75) is 164 Å². The molecule has 0 radical (unpaired) electrons. The van der Waals surface area contributed by atoms with E-state index < -0.39 is 164 Å². The Balaban J connectivity index is 0.000000231. The van der Waals surface area contributed by atoms with E-state index in [-0.39, 0.29) is 76.4 Å². The summed E-state index contributed by atoms with van der Waals surface area (Å²) in [6.07, 6.45) is -26.9. The van der Waals surface area contributed by atoms with Crippen molar-refractivity contribution in [2.75, 3.05) is 91.9 Å². The van der Waals surface area contributed by atoms with Crippen molar-refractivity contribution in [1.29, 1.82) is 0 Å². The second kappa shape index (κ2) is 44.0. The molecule has 23 nitrogen and oxygen atoms in total. The number of aliphatic hydroxyl groups is 13. The van der Waals surface area contributed by atoms with Crippen molar-refractivity contribution in [1.82, 2.24) is 29.2 Å². The molecule has 36 heteroatoms. The highest BCUT2D eigenvalue weighted by molar-refractivity contribution is 7.88. The number of ether oxygens (including phenoxy) is 1. The number of halogens is 12. The molecule has 107 heavy (non-hydrogen) atoms. The molecule has 0 aliphatic carbocycles. The summed E-state index contributed by atoms with van der Waals surface area (Å²) in [5.41, 5.74) is 4.39. The Kier molecular flexibility index (Phi) is 37.9. The van der Waals surface area contributed by atoms with Gasteiger partial charge in [-0.2, -0.15) is 4.31 Å². The summed E-state index contributed by atoms with van der Waals surface area (Å²) in [5.74, 6) is -7.32. The molecule has 6 saturated heterocycles. The number of alkyl halides is 10. The number of carbonyl (C=O) groups excluding carboxylic acids is 1. The molecule has 6 heterocycles. The van der Waals surface area contributed by atoms with Crippen LogP contribution in [0.5, 0.6) is 5.75 Å². The maximum Gasteiger partial charge on any atom is 0.245 e. The van der Waals surface area contributed by atoms with Gasteiger partial charge < -0.3 is 81.3 Å². The average molecular weight is 1570 g/mol. The summed E-state index contributed by atoms with van der Waals surface area (Å²) in [6.45, 7) is 5.58. The lowest BCUT2D eigenvalue weighted by atomic mass is 9.86. The summed E-state index contributed by atoms with van der Waals surface area (Å²) in [5, 5.41) is 127. The largest absolute Gasteiger partial charge is 0.497 e. The fraction of sp³-hybridized carbons (Fsp3) is 0.648. The SMILES string of the molecule is CCCCC(=O)N1C[C@@H](O)[C@H](O)[C@@H](C(F)F)C1.COc1cccc(CN2C[C@@H](O)[C@H](O)[C@@H](C(F)F)C2)c1.CS(=O)(=O)N1C[C@@H](O)[C@H](O)[C@@H](C(F)F)C1.Cc1ccc(CN2C[C@@H](O)[C@H](O)[C@@H](C(F)F)C2)cc1.OC(c1ccc(F)cc1)[C@H]1CNC[C@@H](O)[C@@H]1O.O[C@H]1[C@H](O)CN(Cc2ccc(F)cc2)C[C@@H]1C(F)F. The summed E-state index contributed by atoms with van der Waals surface area (Å²) in [6, 6.07) is 26.4. The van der Waals surface area contributed by atoms with E-state index in [4.69, 9.17) is 4.74 Å². The Bertz CT molecular complexity index is 3250. The predicted molar refractivity (Wildman–Crippen MR) is 366 cm³/mol. The highest BCUT2D eigenvalue weighted by Crippen LogP contribution is 2.32. The Morgan fingerprint density at radius 1 is 0.477 bits per heavy atom. The van der Waals surface area contributed by atoms with Gasteiger partial charge in [-0.05, 0) is 72.0 Å². The number of methoxy groups -OCH3 is 1. The molecule has 19 atom stereocenters. The molecule has 4 aromatic carbocycles. The summed E-state index contributed by atoms with van der Waals surface area (Å²) < 4.78 is 180. The van der Waals surface area contributed by atoms with Gasteiger partial charge in [0, 0.05) is 111 Å². The third-order valence-electron chi connectivity index (χ3n) is 19.3. The lowest BCUT2D eigenvalue weighted by Crippen LogP contribution is -2.56. The lowest BCUT2D eigenvalue weighted by molar-refractivity contribution is -0.150. The second-order valence-corrected chi connectivity index (χ2v) is 29.7. The van der Waals surface area contributed by atoms with Crippen LogP contribution in [-0.4, -0.2) is 302 Å². The van der Waals surface area contributed by atoms with Crippen LogP contribution in [0.1, 0.15) is 60.1 Å². The van der Waals surface area contributed by atoms with Gasteiger partial charge in [0.15, 0.2) is 0 Å².